The third-order valence-electron chi connectivity index (χ3n) is 2.38. The van der Waals surface area contributed by atoms with Crippen LogP contribution in [0, 0.1) is 0 Å². The van der Waals surface area contributed by atoms with E-state index in [0.29, 0.717) is 0 Å². The predicted molar refractivity (Wildman–Crippen MR) is 59.4 cm³/mol. The van der Waals surface area contributed by atoms with Crippen LogP contribution in [0.5, 0.6) is 0 Å². The fraction of sp³-hybridized carbons (Fsp3) is 0.600. The molecule has 3 nitrogen and oxygen atoms in total. The van der Waals surface area contributed by atoms with Crippen molar-refractivity contribution < 1.29 is 0 Å². The lowest BCUT2D eigenvalue weighted by atomic mass is 10.1. The number of rotatable bonds is 1. The van der Waals surface area contributed by atoms with Crippen LogP contribution in [0.4, 0.5) is 0 Å². The maximum atomic E-state index is 5.76. The third-order valence-corrected chi connectivity index (χ3v) is 3.36. The highest BCUT2D eigenvalue weighted by molar-refractivity contribution is 7.99. The lowest BCUT2D eigenvalue weighted by Crippen LogP contribution is -2.12. The predicted octanol–water partition coefficient (Wildman–Crippen LogP) is 1.33. The molecule has 0 bridgehead atoms. The van der Waals surface area contributed by atoms with Crippen LogP contribution in [-0.4, -0.2) is 21.5 Å². The minimum Gasteiger partial charge on any atom is -0.322 e. The van der Waals surface area contributed by atoms with E-state index in [9.17, 15) is 0 Å². The van der Waals surface area contributed by atoms with Gasteiger partial charge in [0.05, 0.1) is 6.04 Å². The molecule has 0 amide bonds. The Morgan fingerprint density at radius 3 is 3.00 bits per heavy atom. The number of hydrogen-bond donors (Lipinski definition) is 1. The quantitative estimate of drug-likeness (QED) is 0.758. The monoisotopic (exact) mass is 209 g/mol. The fourth-order valence-electron chi connectivity index (χ4n) is 1.56. The van der Waals surface area contributed by atoms with E-state index < -0.39 is 0 Å². The van der Waals surface area contributed by atoms with Crippen LogP contribution in [0.15, 0.2) is 6.20 Å². The summed E-state index contributed by atoms with van der Waals surface area (Å²) in [6, 6.07) is -0.0591. The summed E-state index contributed by atoms with van der Waals surface area (Å²) in [4.78, 5) is 8.81. The normalized spacial score (nSPS) is 18.4. The first-order valence-corrected chi connectivity index (χ1v) is 6.11. The van der Waals surface area contributed by atoms with Crippen LogP contribution in [-0.2, 0) is 12.8 Å². The van der Waals surface area contributed by atoms with E-state index in [1.54, 1.807) is 0 Å². The SMILES string of the molecule is CC(N)c1ncc2c(n1)CCSCC2. The first kappa shape index (κ1) is 9.93. The van der Waals surface area contributed by atoms with Crippen LogP contribution in [0.3, 0.4) is 0 Å². The van der Waals surface area contributed by atoms with Crippen molar-refractivity contribution in [2.24, 2.45) is 5.73 Å². The minimum absolute atomic E-state index is 0.0591. The number of nitrogens with zero attached hydrogens (tertiary/aromatic N) is 2. The van der Waals surface area contributed by atoms with Crippen molar-refractivity contribution in [2.75, 3.05) is 11.5 Å². The van der Waals surface area contributed by atoms with Crippen molar-refractivity contribution in [3.63, 3.8) is 0 Å². The first-order chi connectivity index (χ1) is 6.77. The van der Waals surface area contributed by atoms with Gasteiger partial charge in [-0.3, -0.25) is 0 Å². The molecule has 0 aromatic carbocycles. The van der Waals surface area contributed by atoms with Crippen LogP contribution in [0.2, 0.25) is 0 Å². The van der Waals surface area contributed by atoms with Crippen LogP contribution in [0.25, 0.3) is 0 Å². The highest BCUT2D eigenvalue weighted by Gasteiger charge is 2.12. The summed E-state index contributed by atoms with van der Waals surface area (Å²) in [6.07, 6.45) is 4.11. The summed E-state index contributed by atoms with van der Waals surface area (Å²) in [5.41, 5.74) is 8.27. The van der Waals surface area contributed by atoms with Gasteiger partial charge in [-0.05, 0) is 36.8 Å². The largest absolute Gasteiger partial charge is 0.322 e. The van der Waals surface area contributed by atoms with Crippen molar-refractivity contribution in [2.45, 2.75) is 25.8 Å². The number of hydrogen-bond acceptors (Lipinski definition) is 4. The molecule has 1 aliphatic rings. The minimum atomic E-state index is -0.0591. The smallest absolute Gasteiger partial charge is 0.144 e. The molecular weight excluding hydrogens is 194 g/mol. The van der Waals surface area contributed by atoms with Gasteiger partial charge in [-0.25, -0.2) is 9.97 Å². The van der Waals surface area contributed by atoms with Crippen molar-refractivity contribution in [3.05, 3.63) is 23.3 Å². The number of aryl methyl sites for hydroxylation is 2. The molecule has 1 atom stereocenters. The maximum absolute atomic E-state index is 5.76. The first-order valence-electron chi connectivity index (χ1n) is 4.95. The zero-order valence-electron chi connectivity index (χ0n) is 8.36. The molecular formula is C10H15N3S. The molecule has 2 rings (SSSR count). The van der Waals surface area contributed by atoms with Gasteiger partial charge in [-0.15, -0.1) is 0 Å². The molecule has 4 heteroatoms. The zero-order valence-corrected chi connectivity index (χ0v) is 9.18. The van der Waals surface area contributed by atoms with Gasteiger partial charge < -0.3 is 5.73 Å². The molecule has 1 aliphatic heterocycles. The summed E-state index contributed by atoms with van der Waals surface area (Å²) in [5.74, 6) is 3.13. The lowest BCUT2D eigenvalue weighted by Gasteiger charge is -2.08. The Labute approximate surface area is 88.5 Å². The average molecular weight is 209 g/mol. The van der Waals surface area contributed by atoms with Crippen molar-refractivity contribution in [1.82, 2.24) is 9.97 Å². The molecule has 2 N–H and O–H groups in total. The third kappa shape index (κ3) is 2.07. The molecule has 0 saturated carbocycles. The summed E-state index contributed by atoms with van der Waals surface area (Å²) in [5, 5.41) is 0. The topological polar surface area (TPSA) is 51.8 Å². The van der Waals surface area contributed by atoms with Gasteiger partial charge in [0.2, 0.25) is 0 Å². The van der Waals surface area contributed by atoms with Crippen molar-refractivity contribution in [1.29, 1.82) is 0 Å². The molecule has 2 heterocycles. The molecule has 1 aromatic rings. The Kier molecular flexibility index (Phi) is 3.03. The lowest BCUT2D eigenvalue weighted by molar-refractivity contribution is 0.722. The summed E-state index contributed by atoms with van der Waals surface area (Å²) in [7, 11) is 0. The number of fused-ring (bicyclic) bond motifs is 1. The van der Waals surface area contributed by atoms with Crippen LogP contribution >= 0.6 is 11.8 Å². The van der Waals surface area contributed by atoms with Gasteiger partial charge in [0.1, 0.15) is 5.82 Å². The van der Waals surface area contributed by atoms with Gasteiger partial charge in [-0.1, -0.05) is 0 Å². The van der Waals surface area contributed by atoms with E-state index in [-0.39, 0.29) is 6.04 Å². The number of thioether (sulfide) groups is 1. The van der Waals surface area contributed by atoms with Crippen molar-refractivity contribution >= 4 is 11.8 Å². The summed E-state index contributed by atoms with van der Waals surface area (Å²) in [6.45, 7) is 1.92. The van der Waals surface area contributed by atoms with E-state index in [1.807, 2.05) is 24.9 Å². The van der Waals surface area contributed by atoms with Crippen LogP contribution < -0.4 is 5.73 Å². The van der Waals surface area contributed by atoms with Crippen LogP contribution in [0.1, 0.15) is 30.0 Å². The van der Waals surface area contributed by atoms with E-state index in [1.165, 1.54) is 22.8 Å². The van der Waals surface area contributed by atoms with Gasteiger partial charge in [0, 0.05) is 11.9 Å². The van der Waals surface area contributed by atoms with Gasteiger partial charge in [0.15, 0.2) is 0 Å². The fourth-order valence-corrected chi connectivity index (χ4v) is 2.46. The Balaban J connectivity index is 2.32. The van der Waals surface area contributed by atoms with Crippen molar-refractivity contribution in [3.8, 4) is 0 Å². The summed E-state index contributed by atoms with van der Waals surface area (Å²) < 4.78 is 0. The zero-order chi connectivity index (χ0) is 9.97. The Morgan fingerprint density at radius 1 is 1.43 bits per heavy atom. The Morgan fingerprint density at radius 2 is 2.21 bits per heavy atom. The molecule has 0 fully saturated rings. The highest BCUT2D eigenvalue weighted by Crippen LogP contribution is 2.18. The second-order valence-electron chi connectivity index (χ2n) is 3.60. The molecule has 0 radical (unpaired) electrons. The highest BCUT2D eigenvalue weighted by atomic mass is 32.2. The average Bonchev–Trinajstić information content (AvgIpc) is 2.41. The molecule has 1 unspecified atom stereocenters. The molecule has 1 aromatic heterocycles. The number of nitrogens with two attached hydrogens (primary N) is 1. The molecule has 0 aliphatic carbocycles. The maximum Gasteiger partial charge on any atom is 0.144 e. The second kappa shape index (κ2) is 4.28. The molecule has 0 spiro atoms. The molecule has 0 saturated heterocycles. The van der Waals surface area contributed by atoms with E-state index in [2.05, 4.69) is 9.97 Å². The molecule has 76 valence electrons. The standard InChI is InChI=1S/C10H15N3S/c1-7(11)10-12-6-8-2-4-14-5-3-9(8)13-10/h6-7H,2-5,11H2,1H3. The molecule has 14 heavy (non-hydrogen) atoms. The number of aromatic nitrogens is 2. The van der Waals surface area contributed by atoms with Gasteiger partial charge >= 0.3 is 0 Å². The van der Waals surface area contributed by atoms with E-state index in [0.717, 1.165) is 18.7 Å². The van der Waals surface area contributed by atoms with E-state index in [4.69, 9.17) is 5.73 Å². The van der Waals surface area contributed by atoms with Gasteiger partial charge in [-0.2, -0.15) is 11.8 Å². The summed E-state index contributed by atoms with van der Waals surface area (Å²) >= 11 is 1.99. The Bertz CT molecular complexity index is 325. The van der Waals surface area contributed by atoms with Gasteiger partial charge in [0.25, 0.3) is 0 Å². The Hall–Kier alpha value is -0.610. The second-order valence-corrected chi connectivity index (χ2v) is 4.83. The van der Waals surface area contributed by atoms with E-state index >= 15 is 0 Å².